The number of amidine groups is 1. The van der Waals surface area contributed by atoms with Crippen molar-refractivity contribution in [2.24, 2.45) is 5.10 Å². The molecule has 42 heavy (non-hydrogen) atoms. The monoisotopic (exact) mass is 559 g/mol. The number of benzene rings is 3. The molecular formula is C32H25N5O5. The van der Waals surface area contributed by atoms with E-state index in [4.69, 9.17) is 9.41 Å². The maximum atomic E-state index is 13.2. The highest BCUT2D eigenvalue weighted by atomic mass is 17.3. The van der Waals surface area contributed by atoms with Crippen LogP contribution in [0.25, 0.3) is 17.0 Å². The lowest BCUT2D eigenvalue weighted by Crippen LogP contribution is -2.25. The first kappa shape index (κ1) is 26.7. The Morgan fingerprint density at radius 2 is 1.79 bits per heavy atom. The van der Waals surface area contributed by atoms with Crippen LogP contribution in [0.1, 0.15) is 23.1 Å². The maximum absolute atomic E-state index is 13.2. The molecule has 0 bridgehead atoms. The van der Waals surface area contributed by atoms with Crippen LogP contribution in [-0.4, -0.2) is 25.4 Å². The SMILES string of the molecule is COONC1=NN(c2ccccc2)C(=O)/C1=C\C=C\c1c(C#N)c2cc3c(cc2oc1=O)N(c1ccccc1)CCC3. The summed E-state index contributed by atoms with van der Waals surface area (Å²) < 4.78 is 5.73. The summed E-state index contributed by atoms with van der Waals surface area (Å²) in [6.07, 6.45) is 6.23. The summed E-state index contributed by atoms with van der Waals surface area (Å²) in [6.45, 7) is 0.837. The molecule has 10 heteroatoms. The molecule has 0 spiro atoms. The fraction of sp³-hybridized carbons (Fsp3) is 0.125. The Bertz CT molecular complexity index is 1860. The molecule has 0 atom stereocenters. The number of nitriles is 1. The summed E-state index contributed by atoms with van der Waals surface area (Å²) in [6, 6.07) is 24.9. The lowest BCUT2D eigenvalue weighted by Gasteiger charge is -2.31. The number of aryl methyl sites for hydroxylation is 1. The minimum Gasteiger partial charge on any atom is -0.422 e. The lowest BCUT2D eigenvalue weighted by molar-refractivity contribution is -0.300. The van der Waals surface area contributed by atoms with Crippen molar-refractivity contribution in [1.29, 1.82) is 5.26 Å². The molecule has 0 fully saturated rings. The summed E-state index contributed by atoms with van der Waals surface area (Å²) >= 11 is 0. The number of amides is 1. The third-order valence-electron chi connectivity index (χ3n) is 7.07. The number of rotatable bonds is 6. The number of carbonyl (C=O) groups is 1. The molecule has 0 unspecified atom stereocenters. The zero-order chi connectivity index (χ0) is 29.1. The summed E-state index contributed by atoms with van der Waals surface area (Å²) in [5.74, 6) is -0.315. The normalized spacial score (nSPS) is 15.8. The molecule has 3 heterocycles. The molecule has 0 radical (unpaired) electrons. The minimum absolute atomic E-state index is 0.0856. The van der Waals surface area contributed by atoms with Gasteiger partial charge in [0.15, 0.2) is 5.84 Å². The van der Waals surface area contributed by atoms with Gasteiger partial charge in [0.1, 0.15) is 11.7 Å². The van der Waals surface area contributed by atoms with Crippen molar-refractivity contribution in [3.63, 3.8) is 0 Å². The van der Waals surface area contributed by atoms with Gasteiger partial charge < -0.3 is 9.32 Å². The first-order valence-corrected chi connectivity index (χ1v) is 13.3. The van der Waals surface area contributed by atoms with Crippen molar-refractivity contribution in [3.05, 3.63) is 118 Å². The van der Waals surface area contributed by atoms with Crippen molar-refractivity contribution < 1.29 is 19.1 Å². The van der Waals surface area contributed by atoms with Crippen LogP contribution in [0, 0.1) is 11.3 Å². The molecule has 10 nitrogen and oxygen atoms in total. The van der Waals surface area contributed by atoms with Gasteiger partial charge in [0.25, 0.3) is 5.91 Å². The zero-order valence-electron chi connectivity index (χ0n) is 22.6. The molecule has 3 aromatic carbocycles. The van der Waals surface area contributed by atoms with Crippen molar-refractivity contribution in [3.8, 4) is 6.07 Å². The number of para-hydroxylation sites is 2. The molecule has 1 N–H and O–H groups in total. The maximum Gasteiger partial charge on any atom is 0.344 e. The zero-order valence-corrected chi connectivity index (χ0v) is 22.6. The smallest absolute Gasteiger partial charge is 0.344 e. The van der Waals surface area contributed by atoms with E-state index in [1.165, 1.54) is 30.3 Å². The molecule has 6 rings (SSSR count). The first-order valence-electron chi connectivity index (χ1n) is 13.3. The number of hydrazone groups is 1. The molecule has 1 amide bonds. The van der Waals surface area contributed by atoms with Crippen LogP contribution in [0.3, 0.4) is 0 Å². The second kappa shape index (κ2) is 11.5. The number of hydrogen-bond acceptors (Lipinski definition) is 9. The highest BCUT2D eigenvalue weighted by Crippen LogP contribution is 2.37. The van der Waals surface area contributed by atoms with E-state index < -0.39 is 11.5 Å². The number of nitrogens with one attached hydrogen (secondary N) is 1. The van der Waals surface area contributed by atoms with Crippen LogP contribution in [0.4, 0.5) is 17.1 Å². The number of hydroxylamine groups is 1. The topological polar surface area (TPSA) is 120 Å². The predicted molar refractivity (Wildman–Crippen MR) is 159 cm³/mol. The van der Waals surface area contributed by atoms with Gasteiger partial charge in [0.05, 0.1) is 29.5 Å². The largest absolute Gasteiger partial charge is 0.422 e. The Kier molecular flexibility index (Phi) is 7.34. The second-order valence-corrected chi connectivity index (χ2v) is 9.55. The molecule has 2 aliphatic rings. The van der Waals surface area contributed by atoms with E-state index in [1.54, 1.807) is 24.3 Å². The Morgan fingerprint density at radius 1 is 1.05 bits per heavy atom. The number of hydrogen-bond donors (Lipinski definition) is 1. The van der Waals surface area contributed by atoms with E-state index in [0.29, 0.717) is 16.7 Å². The van der Waals surface area contributed by atoms with E-state index in [1.807, 2.05) is 48.5 Å². The number of carbonyl (C=O) groups excluding carboxylic acids is 1. The van der Waals surface area contributed by atoms with E-state index in [-0.39, 0.29) is 22.5 Å². The van der Waals surface area contributed by atoms with Gasteiger partial charge in [-0.05, 0) is 60.9 Å². The van der Waals surface area contributed by atoms with Gasteiger partial charge in [-0.1, -0.05) is 42.5 Å². The summed E-state index contributed by atoms with van der Waals surface area (Å²) in [5.41, 5.74) is 6.26. The van der Waals surface area contributed by atoms with Crippen LogP contribution >= 0.6 is 0 Å². The van der Waals surface area contributed by atoms with Gasteiger partial charge in [-0.3, -0.25) is 4.79 Å². The number of fused-ring (bicyclic) bond motifs is 2. The molecule has 2 aliphatic heterocycles. The molecule has 208 valence electrons. The predicted octanol–water partition coefficient (Wildman–Crippen LogP) is 5.13. The highest BCUT2D eigenvalue weighted by molar-refractivity contribution is 6.29. The Labute approximate surface area is 240 Å². The van der Waals surface area contributed by atoms with E-state index in [0.717, 1.165) is 36.3 Å². The van der Waals surface area contributed by atoms with Gasteiger partial charge >= 0.3 is 5.63 Å². The quantitative estimate of drug-likeness (QED) is 0.149. The van der Waals surface area contributed by atoms with Gasteiger partial charge in [-0.25, -0.2) is 15.2 Å². The fourth-order valence-corrected chi connectivity index (χ4v) is 5.15. The second-order valence-electron chi connectivity index (χ2n) is 9.55. The van der Waals surface area contributed by atoms with Crippen LogP contribution in [0.15, 0.2) is 105 Å². The molecule has 0 aliphatic carbocycles. The summed E-state index contributed by atoms with van der Waals surface area (Å²) in [5, 5.41) is 16.2. The average molecular weight is 560 g/mol. The molecule has 4 aromatic rings. The van der Waals surface area contributed by atoms with E-state index in [9.17, 15) is 14.9 Å². The van der Waals surface area contributed by atoms with Gasteiger partial charge in [0, 0.05) is 29.4 Å². The van der Waals surface area contributed by atoms with Gasteiger partial charge in [-0.2, -0.15) is 10.3 Å². The molecule has 1 aromatic heterocycles. The standard InChI is InChI=1S/C32H25N5O5/c1-40-42-35-30-25(31(38)37(34-30)23-13-6-3-7-14-23)16-8-15-24-27(20-33)26-18-21-10-9-17-36(22-11-4-2-5-12-22)28(21)19-29(26)41-32(24)39/h2-8,11-16,18-19H,9-10,17H2,1H3,(H,34,35)/b15-8+,25-16-. The molecule has 0 saturated heterocycles. The van der Waals surface area contributed by atoms with Crippen LogP contribution in [-0.2, 0) is 21.1 Å². The van der Waals surface area contributed by atoms with Gasteiger partial charge in [-0.15, -0.1) is 10.1 Å². The Hall–Kier alpha value is -5.50. The van der Waals surface area contributed by atoms with Crippen molar-refractivity contribution >= 4 is 45.9 Å². The van der Waals surface area contributed by atoms with Crippen molar-refractivity contribution in [2.75, 3.05) is 23.6 Å². The summed E-state index contributed by atoms with van der Waals surface area (Å²) in [4.78, 5) is 37.9. The third kappa shape index (κ3) is 4.94. The van der Waals surface area contributed by atoms with Crippen LogP contribution in [0.2, 0.25) is 0 Å². The lowest BCUT2D eigenvalue weighted by atomic mass is 9.96. The first-order chi connectivity index (χ1) is 20.6. The Morgan fingerprint density at radius 3 is 2.50 bits per heavy atom. The average Bonchev–Trinajstić information content (AvgIpc) is 3.34. The third-order valence-corrected chi connectivity index (χ3v) is 7.07. The Balaban J connectivity index is 1.37. The van der Waals surface area contributed by atoms with Crippen LogP contribution < -0.4 is 21.0 Å². The molecular weight excluding hydrogens is 534 g/mol. The van der Waals surface area contributed by atoms with Crippen molar-refractivity contribution in [1.82, 2.24) is 5.48 Å². The van der Waals surface area contributed by atoms with Crippen LogP contribution in [0.5, 0.6) is 0 Å². The fourth-order valence-electron chi connectivity index (χ4n) is 5.15. The number of nitrogens with zero attached hydrogens (tertiary/aromatic N) is 4. The van der Waals surface area contributed by atoms with E-state index >= 15 is 0 Å². The minimum atomic E-state index is -0.658. The number of anilines is 3. The molecule has 0 saturated carbocycles. The summed E-state index contributed by atoms with van der Waals surface area (Å²) in [7, 11) is 1.31. The van der Waals surface area contributed by atoms with E-state index in [2.05, 4.69) is 26.4 Å². The van der Waals surface area contributed by atoms with Crippen molar-refractivity contribution in [2.45, 2.75) is 12.8 Å². The number of allylic oxidation sites excluding steroid dienone is 2. The van der Waals surface area contributed by atoms with Gasteiger partial charge in [0.2, 0.25) is 0 Å². The highest BCUT2D eigenvalue weighted by Gasteiger charge is 2.31.